The number of rotatable bonds is 10. The van der Waals surface area contributed by atoms with Crippen LogP contribution in [0.5, 0.6) is 11.5 Å². The van der Waals surface area contributed by atoms with Gasteiger partial charge in [-0.05, 0) is 45.2 Å². The number of benzene rings is 1. The van der Waals surface area contributed by atoms with Crippen LogP contribution in [0.15, 0.2) is 23.2 Å². The van der Waals surface area contributed by atoms with Crippen LogP contribution in [0.3, 0.4) is 0 Å². The number of anilines is 1. The Labute approximate surface area is 180 Å². The summed E-state index contributed by atoms with van der Waals surface area (Å²) in [7, 11) is 1.64. The topological polar surface area (TPSA) is 64.1 Å². The van der Waals surface area contributed by atoms with Gasteiger partial charge in [0, 0.05) is 31.5 Å². The summed E-state index contributed by atoms with van der Waals surface area (Å²) in [5.74, 6) is 2.21. The highest BCUT2D eigenvalue weighted by atomic mass is 127. The van der Waals surface area contributed by atoms with Gasteiger partial charge in [0.25, 0.3) is 0 Å². The number of nitrogens with one attached hydrogen (secondary N) is 2. The Kier molecular flexibility index (Phi) is 12.2. The van der Waals surface area contributed by atoms with E-state index in [1.165, 1.54) is 25.7 Å². The highest BCUT2D eigenvalue weighted by Gasteiger charge is 2.14. The fourth-order valence-electron chi connectivity index (χ4n) is 3.02. The van der Waals surface area contributed by atoms with E-state index in [2.05, 4.69) is 22.5 Å². The largest absolute Gasteiger partial charge is 0.493 e. The first-order chi connectivity index (χ1) is 12.8. The quantitative estimate of drug-likeness (QED) is 0.219. The standard InChI is InChI=1S/C20H33N3O3.HI/c1-4-21-20(22-13-8-14-26-17-9-6-7-10-17)23-16-11-12-18(25-5-2)19(15-16)24-3;/h11-12,15,17H,4-10,13-14H2,1-3H3,(H2,21,22,23);1H. The highest BCUT2D eigenvalue weighted by molar-refractivity contribution is 14.0. The number of hydrogen-bond donors (Lipinski definition) is 2. The molecule has 1 aromatic carbocycles. The third kappa shape index (κ3) is 8.55. The molecular weight excluding hydrogens is 457 g/mol. The summed E-state index contributed by atoms with van der Waals surface area (Å²) in [5, 5.41) is 6.58. The number of halogens is 1. The molecule has 0 radical (unpaired) electrons. The monoisotopic (exact) mass is 491 g/mol. The third-order valence-electron chi connectivity index (χ3n) is 4.30. The van der Waals surface area contributed by atoms with E-state index in [-0.39, 0.29) is 24.0 Å². The lowest BCUT2D eigenvalue weighted by molar-refractivity contribution is 0.0579. The maximum Gasteiger partial charge on any atom is 0.195 e. The van der Waals surface area contributed by atoms with Crippen molar-refractivity contribution >= 4 is 35.6 Å². The summed E-state index contributed by atoms with van der Waals surface area (Å²) in [6.07, 6.45) is 6.45. The second kappa shape index (κ2) is 13.9. The van der Waals surface area contributed by atoms with E-state index in [0.717, 1.165) is 43.5 Å². The number of nitrogens with zero attached hydrogens (tertiary/aromatic N) is 1. The fourth-order valence-corrected chi connectivity index (χ4v) is 3.02. The van der Waals surface area contributed by atoms with Gasteiger partial charge in [0.2, 0.25) is 0 Å². The van der Waals surface area contributed by atoms with Gasteiger partial charge in [-0.1, -0.05) is 12.8 Å². The van der Waals surface area contributed by atoms with Crippen molar-refractivity contribution in [1.82, 2.24) is 5.32 Å². The molecule has 154 valence electrons. The van der Waals surface area contributed by atoms with Crippen molar-refractivity contribution in [3.8, 4) is 11.5 Å². The van der Waals surface area contributed by atoms with Crippen LogP contribution < -0.4 is 20.1 Å². The summed E-state index contributed by atoms with van der Waals surface area (Å²) >= 11 is 0. The minimum Gasteiger partial charge on any atom is -0.493 e. The zero-order valence-electron chi connectivity index (χ0n) is 16.8. The van der Waals surface area contributed by atoms with E-state index in [1.54, 1.807) is 7.11 Å². The van der Waals surface area contributed by atoms with Gasteiger partial charge in [-0.2, -0.15) is 0 Å². The van der Waals surface area contributed by atoms with Crippen LogP contribution in [-0.4, -0.2) is 45.5 Å². The van der Waals surface area contributed by atoms with Crippen molar-refractivity contribution in [3.05, 3.63) is 18.2 Å². The second-order valence-corrected chi connectivity index (χ2v) is 6.32. The molecule has 2 N–H and O–H groups in total. The molecule has 0 amide bonds. The summed E-state index contributed by atoms with van der Waals surface area (Å²) in [6, 6.07) is 5.79. The van der Waals surface area contributed by atoms with Crippen molar-refractivity contribution < 1.29 is 14.2 Å². The normalized spacial score (nSPS) is 14.6. The van der Waals surface area contributed by atoms with Crippen molar-refractivity contribution in [3.63, 3.8) is 0 Å². The van der Waals surface area contributed by atoms with E-state index in [4.69, 9.17) is 14.2 Å². The Hall–Kier alpha value is -1.22. The lowest BCUT2D eigenvalue weighted by Gasteiger charge is -2.14. The first-order valence-electron chi connectivity index (χ1n) is 9.74. The van der Waals surface area contributed by atoms with Crippen LogP contribution in [0.25, 0.3) is 0 Å². The van der Waals surface area contributed by atoms with E-state index in [0.29, 0.717) is 18.5 Å². The van der Waals surface area contributed by atoms with Crippen LogP contribution in [0.4, 0.5) is 5.69 Å². The minimum atomic E-state index is 0. The molecule has 0 unspecified atom stereocenters. The molecule has 0 heterocycles. The summed E-state index contributed by atoms with van der Waals surface area (Å²) in [6.45, 7) is 6.94. The molecule has 2 rings (SSSR count). The van der Waals surface area contributed by atoms with Crippen LogP contribution in [0.2, 0.25) is 0 Å². The van der Waals surface area contributed by atoms with Crippen LogP contribution in [0.1, 0.15) is 46.0 Å². The average molecular weight is 491 g/mol. The van der Waals surface area contributed by atoms with Gasteiger partial charge in [-0.15, -0.1) is 24.0 Å². The van der Waals surface area contributed by atoms with Gasteiger partial charge in [-0.3, -0.25) is 4.99 Å². The summed E-state index contributed by atoms with van der Waals surface area (Å²) < 4.78 is 16.8. The number of hydrogen-bond acceptors (Lipinski definition) is 4. The van der Waals surface area contributed by atoms with Gasteiger partial charge < -0.3 is 24.8 Å². The minimum absolute atomic E-state index is 0. The number of aliphatic imine (C=N–C) groups is 1. The van der Waals surface area contributed by atoms with Crippen molar-refractivity contribution in [1.29, 1.82) is 0 Å². The smallest absolute Gasteiger partial charge is 0.195 e. The molecule has 0 saturated heterocycles. The fraction of sp³-hybridized carbons (Fsp3) is 0.650. The molecule has 1 saturated carbocycles. The van der Waals surface area contributed by atoms with Gasteiger partial charge in [-0.25, -0.2) is 0 Å². The molecule has 1 aliphatic carbocycles. The Morgan fingerprint density at radius 1 is 1.19 bits per heavy atom. The molecule has 7 heteroatoms. The molecule has 1 aromatic rings. The van der Waals surface area contributed by atoms with Crippen molar-refractivity contribution in [2.24, 2.45) is 4.99 Å². The summed E-state index contributed by atoms with van der Waals surface area (Å²) in [4.78, 5) is 4.63. The van der Waals surface area contributed by atoms with Crippen LogP contribution in [0, 0.1) is 0 Å². The predicted molar refractivity (Wildman–Crippen MR) is 122 cm³/mol. The lowest BCUT2D eigenvalue weighted by atomic mass is 10.2. The maximum absolute atomic E-state index is 5.89. The first-order valence-corrected chi connectivity index (χ1v) is 9.74. The molecule has 1 fully saturated rings. The van der Waals surface area contributed by atoms with Crippen molar-refractivity contribution in [2.75, 3.05) is 38.7 Å². The van der Waals surface area contributed by atoms with Crippen molar-refractivity contribution in [2.45, 2.75) is 52.1 Å². The van der Waals surface area contributed by atoms with Gasteiger partial charge in [0.1, 0.15) is 0 Å². The number of methoxy groups -OCH3 is 1. The molecule has 27 heavy (non-hydrogen) atoms. The zero-order chi connectivity index (χ0) is 18.6. The Morgan fingerprint density at radius 3 is 2.63 bits per heavy atom. The van der Waals surface area contributed by atoms with Crippen LogP contribution in [-0.2, 0) is 4.74 Å². The zero-order valence-corrected chi connectivity index (χ0v) is 19.1. The van der Waals surface area contributed by atoms with E-state index in [9.17, 15) is 0 Å². The molecule has 0 bridgehead atoms. The second-order valence-electron chi connectivity index (χ2n) is 6.32. The molecule has 6 nitrogen and oxygen atoms in total. The molecule has 0 spiro atoms. The van der Waals surface area contributed by atoms with Gasteiger partial charge in [0.15, 0.2) is 17.5 Å². The molecular formula is C20H34IN3O3. The van der Waals surface area contributed by atoms with Gasteiger partial charge in [0.05, 0.1) is 19.8 Å². The summed E-state index contributed by atoms with van der Waals surface area (Å²) in [5.41, 5.74) is 0.909. The highest BCUT2D eigenvalue weighted by Crippen LogP contribution is 2.30. The SMILES string of the molecule is CCNC(=NCCCOC1CCCC1)Nc1ccc(OCC)c(OC)c1.I. The van der Waals surface area contributed by atoms with Gasteiger partial charge >= 0.3 is 0 Å². The van der Waals surface area contributed by atoms with E-state index < -0.39 is 0 Å². The average Bonchev–Trinajstić information content (AvgIpc) is 3.16. The Bertz CT molecular complexity index is 563. The van der Waals surface area contributed by atoms with E-state index >= 15 is 0 Å². The predicted octanol–water partition coefficient (Wildman–Crippen LogP) is 4.44. The first kappa shape index (κ1) is 23.8. The lowest BCUT2D eigenvalue weighted by Crippen LogP contribution is -2.30. The molecule has 0 aliphatic heterocycles. The Morgan fingerprint density at radius 2 is 1.96 bits per heavy atom. The molecule has 0 atom stereocenters. The number of guanidine groups is 1. The molecule has 0 aromatic heterocycles. The van der Waals surface area contributed by atoms with Crippen LogP contribution >= 0.6 is 24.0 Å². The van der Waals surface area contributed by atoms with E-state index in [1.807, 2.05) is 25.1 Å². The maximum atomic E-state index is 5.89. The Balaban J connectivity index is 0.00000364. The number of ether oxygens (including phenoxy) is 3. The third-order valence-corrected chi connectivity index (χ3v) is 4.30. The molecule has 1 aliphatic rings.